The lowest BCUT2D eigenvalue weighted by Crippen LogP contribution is -2.39. The Kier molecular flexibility index (Phi) is 4.13. The van der Waals surface area contributed by atoms with Crippen LogP contribution in [0.3, 0.4) is 0 Å². The van der Waals surface area contributed by atoms with Crippen LogP contribution in [0.15, 0.2) is 18.2 Å². The highest BCUT2D eigenvalue weighted by Crippen LogP contribution is 2.32. The minimum Gasteiger partial charge on any atom is -0.389 e. The zero-order valence-corrected chi connectivity index (χ0v) is 12.4. The molecule has 2 nitrogen and oxygen atoms in total. The summed E-state index contributed by atoms with van der Waals surface area (Å²) in [6, 6.07) is 5.86. The fraction of sp³-hybridized carbons (Fsp3) is 0.500. The van der Waals surface area contributed by atoms with Crippen molar-refractivity contribution in [3.63, 3.8) is 0 Å². The minimum absolute atomic E-state index is 0.377. The Hall–Kier alpha value is -0.800. The number of hydrogen-bond acceptors (Lipinski definition) is 2. The van der Waals surface area contributed by atoms with E-state index in [0.717, 1.165) is 30.3 Å². The van der Waals surface area contributed by atoms with Gasteiger partial charge in [0.2, 0.25) is 0 Å². The van der Waals surface area contributed by atoms with E-state index in [1.54, 1.807) is 0 Å². The molecule has 1 fully saturated rings. The molecule has 98 valence electrons. The van der Waals surface area contributed by atoms with Crippen molar-refractivity contribution in [2.24, 2.45) is 17.6 Å². The van der Waals surface area contributed by atoms with Crippen LogP contribution in [0.1, 0.15) is 25.8 Å². The highest BCUT2D eigenvalue weighted by atomic mass is 35.5. The molecule has 1 aromatic rings. The number of hydrogen-bond donors (Lipinski definition) is 1. The zero-order chi connectivity index (χ0) is 13.3. The molecular weight excluding hydrogens is 264 g/mol. The third-order valence-electron chi connectivity index (χ3n) is 3.91. The number of rotatable bonds is 2. The molecule has 0 spiro atoms. The largest absolute Gasteiger partial charge is 0.389 e. The van der Waals surface area contributed by atoms with Crippen LogP contribution in [-0.4, -0.2) is 18.1 Å². The summed E-state index contributed by atoms with van der Waals surface area (Å²) in [5.41, 5.74) is 7.70. The topological polar surface area (TPSA) is 29.3 Å². The second kappa shape index (κ2) is 5.45. The van der Waals surface area contributed by atoms with Gasteiger partial charge in [-0.05, 0) is 30.4 Å². The lowest BCUT2D eigenvalue weighted by molar-refractivity contribution is 0.324. The number of nitrogens with two attached hydrogens (primary N) is 1. The molecule has 18 heavy (non-hydrogen) atoms. The molecule has 2 rings (SSSR count). The molecule has 2 N–H and O–H groups in total. The number of piperidine rings is 1. The van der Waals surface area contributed by atoms with Gasteiger partial charge in [-0.2, -0.15) is 0 Å². The fourth-order valence-electron chi connectivity index (χ4n) is 2.50. The summed E-state index contributed by atoms with van der Waals surface area (Å²) in [5.74, 6) is 1.45. The first-order valence-corrected chi connectivity index (χ1v) is 7.12. The van der Waals surface area contributed by atoms with Crippen LogP contribution in [-0.2, 0) is 0 Å². The van der Waals surface area contributed by atoms with E-state index in [4.69, 9.17) is 29.6 Å². The van der Waals surface area contributed by atoms with Gasteiger partial charge in [-0.3, -0.25) is 0 Å². The molecule has 0 bridgehead atoms. The van der Waals surface area contributed by atoms with E-state index in [2.05, 4.69) is 24.8 Å². The second-order valence-corrected chi connectivity index (χ2v) is 6.03. The smallest absolute Gasteiger partial charge is 0.107 e. The van der Waals surface area contributed by atoms with Crippen molar-refractivity contribution >= 4 is 34.5 Å². The van der Waals surface area contributed by atoms with Crippen molar-refractivity contribution in [1.82, 2.24) is 0 Å². The molecular formula is C14H19ClN2S. The summed E-state index contributed by atoms with van der Waals surface area (Å²) in [6.07, 6.45) is 1.20. The summed E-state index contributed by atoms with van der Waals surface area (Å²) in [4.78, 5) is 2.73. The molecule has 2 unspecified atom stereocenters. The third kappa shape index (κ3) is 2.62. The number of anilines is 1. The number of benzene rings is 1. The van der Waals surface area contributed by atoms with E-state index < -0.39 is 0 Å². The van der Waals surface area contributed by atoms with Gasteiger partial charge >= 0.3 is 0 Å². The van der Waals surface area contributed by atoms with Gasteiger partial charge in [-0.1, -0.05) is 43.7 Å². The Balaban J connectivity index is 2.34. The summed E-state index contributed by atoms with van der Waals surface area (Å²) >= 11 is 11.3. The van der Waals surface area contributed by atoms with Crippen LogP contribution in [0.4, 0.5) is 5.69 Å². The number of nitrogens with zero attached hydrogens (tertiary/aromatic N) is 1. The van der Waals surface area contributed by atoms with Crippen LogP contribution in [0, 0.1) is 11.8 Å². The van der Waals surface area contributed by atoms with Gasteiger partial charge in [0.25, 0.3) is 0 Å². The first-order valence-electron chi connectivity index (χ1n) is 6.34. The van der Waals surface area contributed by atoms with Crippen molar-refractivity contribution in [2.45, 2.75) is 20.3 Å². The number of thiocarbonyl (C=S) groups is 1. The van der Waals surface area contributed by atoms with Crippen molar-refractivity contribution in [2.75, 3.05) is 18.0 Å². The average molecular weight is 283 g/mol. The van der Waals surface area contributed by atoms with Gasteiger partial charge in [-0.15, -0.1) is 0 Å². The van der Waals surface area contributed by atoms with Crippen molar-refractivity contribution in [1.29, 1.82) is 0 Å². The summed E-state index contributed by atoms with van der Waals surface area (Å²) < 4.78 is 0. The maximum absolute atomic E-state index is 6.21. The molecule has 0 aromatic heterocycles. The molecule has 0 radical (unpaired) electrons. The molecule has 1 saturated heterocycles. The molecule has 0 aliphatic carbocycles. The van der Waals surface area contributed by atoms with Gasteiger partial charge in [0.1, 0.15) is 4.99 Å². The van der Waals surface area contributed by atoms with Crippen LogP contribution in [0.25, 0.3) is 0 Å². The molecule has 2 atom stereocenters. The standard InChI is InChI=1S/C14H19ClN2S/c1-9-6-7-17(8-10(9)2)12-5-3-4-11(15)13(12)14(16)18/h3-5,9-10H,6-8H2,1-2H3,(H2,16,18). The zero-order valence-electron chi connectivity index (χ0n) is 10.8. The highest BCUT2D eigenvalue weighted by molar-refractivity contribution is 7.80. The van der Waals surface area contributed by atoms with Gasteiger partial charge in [0.05, 0.1) is 10.6 Å². The maximum Gasteiger partial charge on any atom is 0.107 e. The van der Waals surface area contributed by atoms with Crippen LogP contribution in [0.5, 0.6) is 0 Å². The van der Waals surface area contributed by atoms with E-state index in [0.29, 0.717) is 15.9 Å². The normalized spacial score (nSPS) is 24.1. The van der Waals surface area contributed by atoms with Gasteiger partial charge in [0.15, 0.2) is 0 Å². The van der Waals surface area contributed by atoms with Crippen LogP contribution >= 0.6 is 23.8 Å². The van der Waals surface area contributed by atoms with E-state index in [-0.39, 0.29) is 0 Å². The SMILES string of the molecule is CC1CCN(c2cccc(Cl)c2C(N)=S)CC1C. The van der Waals surface area contributed by atoms with E-state index in [9.17, 15) is 0 Å². The lowest BCUT2D eigenvalue weighted by atomic mass is 9.88. The van der Waals surface area contributed by atoms with Gasteiger partial charge in [0, 0.05) is 18.8 Å². The van der Waals surface area contributed by atoms with E-state index >= 15 is 0 Å². The molecule has 0 amide bonds. The van der Waals surface area contributed by atoms with Crippen molar-refractivity contribution in [3.05, 3.63) is 28.8 Å². The maximum atomic E-state index is 6.21. The van der Waals surface area contributed by atoms with E-state index in [1.807, 2.05) is 12.1 Å². The quantitative estimate of drug-likeness (QED) is 0.843. The summed E-state index contributed by atoms with van der Waals surface area (Å²) in [7, 11) is 0. The first kappa shape index (κ1) is 13.6. The summed E-state index contributed by atoms with van der Waals surface area (Å²) in [5, 5.41) is 0.645. The van der Waals surface area contributed by atoms with Gasteiger partial charge < -0.3 is 10.6 Å². The monoisotopic (exact) mass is 282 g/mol. The second-order valence-electron chi connectivity index (χ2n) is 5.19. The van der Waals surface area contributed by atoms with Crippen LogP contribution in [0.2, 0.25) is 5.02 Å². The fourth-order valence-corrected chi connectivity index (χ4v) is 3.04. The molecule has 1 heterocycles. The average Bonchev–Trinajstić information content (AvgIpc) is 2.32. The Morgan fingerprint density at radius 2 is 2.11 bits per heavy atom. The molecule has 1 aliphatic heterocycles. The van der Waals surface area contributed by atoms with E-state index in [1.165, 1.54) is 6.42 Å². The Labute approximate surface area is 119 Å². The minimum atomic E-state index is 0.377. The Bertz CT molecular complexity index is 461. The predicted molar refractivity (Wildman–Crippen MR) is 82.5 cm³/mol. The summed E-state index contributed by atoms with van der Waals surface area (Å²) in [6.45, 7) is 6.69. The molecule has 1 aromatic carbocycles. The van der Waals surface area contributed by atoms with Crippen molar-refractivity contribution < 1.29 is 0 Å². The molecule has 0 saturated carbocycles. The van der Waals surface area contributed by atoms with Gasteiger partial charge in [-0.25, -0.2) is 0 Å². The first-order chi connectivity index (χ1) is 8.50. The molecule has 1 aliphatic rings. The Morgan fingerprint density at radius 1 is 1.39 bits per heavy atom. The third-order valence-corrected chi connectivity index (χ3v) is 4.43. The number of halogens is 1. The Morgan fingerprint density at radius 3 is 2.72 bits per heavy atom. The van der Waals surface area contributed by atoms with Crippen LogP contribution < -0.4 is 10.6 Å². The van der Waals surface area contributed by atoms with Crippen molar-refractivity contribution in [3.8, 4) is 0 Å². The predicted octanol–water partition coefficient (Wildman–Crippen LogP) is 3.46. The lowest BCUT2D eigenvalue weighted by Gasteiger charge is -2.37. The molecule has 4 heteroatoms. The highest BCUT2D eigenvalue weighted by Gasteiger charge is 2.25.